The highest BCUT2D eigenvalue weighted by atomic mass is 16.6. The van der Waals surface area contributed by atoms with Gasteiger partial charge in [0, 0.05) is 18.7 Å². The maximum Gasteiger partial charge on any atom is 0.253 e. The van der Waals surface area contributed by atoms with E-state index in [-0.39, 0.29) is 13.3 Å². The number of carbonyl (C=O) groups excluding carboxylic acids is 1. The van der Waals surface area contributed by atoms with Crippen molar-refractivity contribution in [1.82, 2.24) is 20.5 Å². The molecule has 1 aromatic heterocycles. The minimum absolute atomic E-state index is 0. The zero-order valence-electron chi connectivity index (χ0n) is 10.8. The van der Waals surface area contributed by atoms with Crippen LogP contribution in [0.4, 0.5) is 0 Å². The number of hydrogen-bond donors (Lipinski definition) is 1. The molecule has 1 amide bonds. The zero-order chi connectivity index (χ0) is 13.2. The fourth-order valence-corrected chi connectivity index (χ4v) is 2.48. The molecule has 0 unspecified atom stereocenters. The Hall–Kier alpha value is -1.95. The van der Waals surface area contributed by atoms with E-state index in [1.807, 2.05) is 11.9 Å². The maximum atomic E-state index is 12.4. The normalized spacial score (nSPS) is 15.8. The number of aromatic nitrogens is 2. The number of fused-ring (bicyclic) bond motifs is 1. The van der Waals surface area contributed by atoms with Crippen LogP contribution in [-0.2, 0) is 0 Å². The van der Waals surface area contributed by atoms with E-state index in [9.17, 15) is 4.79 Å². The van der Waals surface area contributed by atoms with Crippen molar-refractivity contribution in [1.29, 1.82) is 0 Å². The maximum absolute atomic E-state index is 12.4. The van der Waals surface area contributed by atoms with Crippen LogP contribution in [0.15, 0.2) is 22.8 Å². The molecule has 1 aliphatic rings. The fourth-order valence-electron chi connectivity index (χ4n) is 2.48. The van der Waals surface area contributed by atoms with Gasteiger partial charge in [-0.1, -0.05) is 7.43 Å². The van der Waals surface area contributed by atoms with Crippen LogP contribution < -0.4 is 5.32 Å². The van der Waals surface area contributed by atoms with Crippen LogP contribution >= 0.6 is 0 Å². The standard InChI is InChI=1S/C13H16N4O2.CH4/c1-17(10-4-6-14-7-5-10)13(18)9-2-3-11-12(8-9)16-19-15-11;/h2-3,8,10,14H,4-7H2,1H3;1H4. The summed E-state index contributed by atoms with van der Waals surface area (Å²) in [5, 5.41) is 10.8. The first kappa shape index (κ1) is 14.5. The van der Waals surface area contributed by atoms with E-state index in [2.05, 4.69) is 20.3 Å². The number of nitrogens with zero attached hydrogens (tertiary/aromatic N) is 3. The van der Waals surface area contributed by atoms with E-state index >= 15 is 0 Å². The first-order valence-electron chi connectivity index (χ1n) is 6.46. The molecular formula is C14H20N4O2. The van der Waals surface area contributed by atoms with Gasteiger partial charge in [-0.3, -0.25) is 4.79 Å². The molecule has 0 bridgehead atoms. The second kappa shape index (κ2) is 6.00. The van der Waals surface area contributed by atoms with Gasteiger partial charge in [0.2, 0.25) is 0 Å². The lowest BCUT2D eigenvalue weighted by atomic mass is 10.0. The van der Waals surface area contributed by atoms with Gasteiger partial charge in [-0.25, -0.2) is 4.63 Å². The number of nitrogens with one attached hydrogen (secondary N) is 1. The summed E-state index contributed by atoms with van der Waals surface area (Å²) in [5.74, 6) is 0.0248. The third kappa shape index (κ3) is 2.65. The smallest absolute Gasteiger partial charge is 0.253 e. The van der Waals surface area contributed by atoms with Crippen LogP contribution in [-0.4, -0.2) is 47.3 Å². The summed E-state index contributed by atoms with van der Waals surface area (Å²) in [4.78, 5) is 14.3. The Morgan fingerprint density at radius 2 is 2.00 bits per heavy atom. The molecule has 0 radical (unpaired) electrons. The van der Waals surface area contributed by atoms with Crippen molar-refractivity contribution in [3.05, 3.63) is 23.8 Å². The third-order valence-corrected chi connectivity index (χ3v) is 3.68. The van der Waals surface area contributed by atoms with Gasteiger partial charge in [-0.15, -0.1) is 0 Å². The van der Waals surface area contributed by atoms with Crippen LogP contribution in [0.2, 0.25) is 0 Å². The number of rotatable bonds is 2. The number of benzene rings is 1. The first-order valence-corrected chi connectivity index (χ1v) is 6.46. The Morgan fingerprint density at radius 1 is 1.30 bits per heavy atom. The average Bonchev–Trinajstić information content (AvgIpc) is 2.94. The molecule has 1 aromatic carbocycles. The lowest BCUT2D eigenvalue weighted by Crippen LogP contribution is -2.43. The molecule has 0 spiro atoms. The summed E-state index contributed by atoms with van der Waals surface area (Å²) in [6.45, 7) is 1.93. The Kier molecular flexibility index (Phi) is 4.34. The van der Waals surface area contributed by atoms with E-state index in [0.717, 1.165) is 25.9 Å². The van der Waals surface area contributed by atoms with Gasteiger partial charge in [0.15, 0.2) is 0 Å². The highest BCUT2D eigenvalue weighted by Crippen LogP contribution is 2.16. The van der Waals surface area contributed by atoms with Crippen molar-refractivity contribution < 1.29 is 9.42 Å². The third-order valence-electron chi connectivity index (χ3n) is 3.68. The van der Waals surface area contributed by atoms with Crippen molar-refractivity contribution >= 4 is 16.9 Å². The van der Waals surface area contributed by atoms with Gasteiger partial charge in [-0.05, 0) is 54.4 Å². The van der Waals surface area contributed by atoms with Gasteiger partial charge in [0.25, 0.3) is 5.91 Å². The summed E-state index contributed by atoms with van der Waals surface area (Å²) < 4.78 is 4.64. The van der Waals surface area contributed by atoms with E-state index in [1.54, 1.807) is 18.2 Å². The van der Waals surface area contributed by atoms with Crippen molar-refractivity contribution in [2.45, 2.75) is 26.3 Å². The number of piperidine rings is 1. The molecule has 0 atom stereocenters. The van der Waals surface area contributed by atoms with Gasteiger partial charge >= 0.3 is 0 Å². The average molecular weight is 276 g/mol. The monoisotopic (exact) mass is 276 g/mol. The Morgan fingerprint density at radius 3 is 2.75 bits per heavy atom. The Balaban J connectivity index is 0.00000147. The molecule has 2 heterocycles. The molecule has 0 saturated carbocycles. The van der Waals surface area contributed by atoms with E-state index < -0.39 is 0 Å². The Bertz CT molecular complexity index is 590. The highest BCUT2D eigenvalue weighted by Gasteiger charge is 2.23. The summed E-state index contributed by atoms with van der Waals surface area (Å²) in [6.07, 6.45) is 1.99. The lowest BCUT2D eigenvalue weighted by Gasteiger charge is -2.31. The molecule has 2 aromatic rings. The Labute approximate surface area is 118 Å². The fraction of sp³-hybridized carbons (Fsp3) is 0.500. The van der Waals surface area contributed by atoms with Crippen molar-refractivity contribution in [2.24, 2.45) is 0 Å². The van der Waals surface area contributed by atoms with Gasteiger partial charge in [0.05, 0.1) is 0 Å². The predicted molar refractivity (Wildman–Crippen MR) is 76.5 cm³/mol. The van der Waals surface area contributed by atoms with Crippen LogP contribution in [0.5, 0.6) is 0 Å². The number of hydrogen-bond acceptors (Lipinski definition) is 5. The quantitative estimate of drug-likeness (QED) is 0.903. The topological polar surface area (TPSA) is 71.3 Å². The minimum Gasteiger partial charge on any atom is -0.339 e. The van der Waals surface area contributed by atoms with Gasteiger partial charge in [-0.2, -0.15) is 0 Å². The molecule has 1 saturated heterocycles. The number of carbonyl (C=O) groups is 1. The largest absolute Gasteiger partial charge is 0.339 e. The zero-order valence-corrected chi connectivity index (χ0v) is 10.8. The molecule has 6 heteroatoms. The summed E-state index contributed by atoms with van der Waals surface area (Å²) in [7, 11) is 1.86. The van der Waals surface area contributed by atoms with E-state index in [4.69, 9.17) is 0 Å². The van der Waals surface area contributed by atoms with Crippen molar-refractivity contribution in [3.8, 4) is 0 Å². The molecule has 6 nitrogen and oxygen atoms in total. The summed E-state index contributed by atoms with van der Waals surface area (Å²) >= 11 is 0. The molecule has 3 rings (SSSR count). The first-order chi connectivity index (χ1) is 9.25. The van der Waals surface area contributed by atoms with Gasteiger partial charge < -0.3 is 10.2 Å². The van der Waals surface area contributed by atoms with Crippen molar-refractivity contribution in [3.63, 3.8) is 0 Å². The molecule has 1 fully saturated rings. The van der Waals surface area contributed by atoms with Crippen LogP contribution in [0, 0.1) is 0 Å². The molecule has 108 valence electrons. The number of amides is 1. The van der Waals surface area contributed by atoms with Crippen molar-refractivity contribution in [2.75, 3.05) is 20.1 Å². The second-order valence-corrected chi connectivity index (χ2v) is 4.86. The highest BCUT2D eigenvalue weighted by molar-refractivity contribution is 5.97. The minimum atomic E-state index is 0. The van der Waals surface area contributed by atoms with Gasteiger partial charge in [0.1, 0.15) is 11.0 Å². The SMILES string of the molecule is C.CN(C(=O)c1ccc2nonc2c1)C1CCNCC1. The van der Waals surface area contributed by atoms with Crippen LogP contribution in [0.25, 0.3) is 11.0 Å². The molecule has 20 heavy (non-hydrogen) atoms. The second-order valence-electron chi connectivity index (χ2n) is 4.86. The molecule has 1 aliphatic heterocycles. The van der Waals surface area contributed by atoms with Crippen LogP contribution in [0.3, 0.4) is 0 Å². The van der Waals surface area contributed by atoms with E-state index in [0.29, 0.717) is 22.6 Å². The lowest BCUT2D eigenvalue weighted by molar-refractivity contribution is 0.0703. The van der Waals surface area contributed by atoms with E-state index in [1.165, 1.54) is 0 Å². The summed E-state index contributed by atoms with van der Waals surface area (Å²) in [6, 6.07) is 5.56. The molecule has 1 N–H and O–H groups in total. The predicted octanol–water partition coefficient (Wildman–Crippen LogP) is 1.68. The van der Waals surface area contributed by atoms with Crippen LogP contribution in [0.1, 0.15) is 30.6 Å². The molecular weight excluding hydrogens is 256 g/mol. The molecule has 0 aliphatic carbocycles. The summed E-state index contributed by atoms with van der Waals surface area (Å²) in [5.41, 5.74) is 1.91.